The molecule has 0 atom stereocenters. The monoisotopic (exact) mass is 238 g/mol. The zero-order valence-corrected chi connectivity index (χ0v) is 10.2. The van der Waals surface area contributed by atoms with Crippen molar-refractivity contribution in [2.45, 2.75) is 13.8 Å². The van der Waals surface area contributed by atoms with Crippen molar-refractivity contribution in [1.82, 2.24) is 10.6 Å². The number of carbonyl (C=O) groups is 1. The summed E-state index contributed by atoms with van der Waals surface area (Å²) in [7, 11) is 0. The van der Waals surface area contributed by atoms with Gasteiger partial charge in [-0.15, -0.1) is 0 Å². The molecule has 0 unspecified atom stereocenters. The van der Waals surface area contributed by atoms with Gasteiger partial charge in [0.15, 0.2) is 6.73 Å². The topological polar surface area (TPSA) is 59.6 Å². The third kappa shape index (κ3) is 5.10. The van der Waals surface area contributed by atoms with Crippen molar-refractivity contribution in [1.29, 1.82) is 0 Å². The molecule has 1 aromatic carbocycles. The summed E-state index contributed by atoms with van der Waals surface area (Å²) in [5.41, 5.74) is 0. The van der Waals surface area contributed by atoms with Crippen LogP contribution in [0.4, 0.5) is 4.79 Å². The van der Waals surface area contributed by atoms with E-state index in [4.69, 9.17) is 9.47 Å². The number of carbonyl (C=O) groups excluding carboxylic acids is 1. The number of ether oxygens (including phenoxy) is 2. The van der Waals surface area contributed by atoms with E-state index in [1.54, 1.807) is 12.1 Å². The normalized spacial score (nSPS) is 9.53. The SMILES string of the molecule is CCNC(=O)NCOc1ccc(OCC)cc1. The highest BCUT2D eigenvalue weighted by molar-refractivity contribution is 5.73. The molecule has 0 heterocycles. The van der Waals surface area contributed by atoms with Crippen molar-refractivity contribution in [3.05, 3.63) is 24.3 Å². The van der Waals surface area contributed by atoms with E-state index in [2.05, 4.69) is 10.6 Å². The molecule has 0 aliphatic heterocycles. The van der Waals surface area contributed by atoms with E-state index in [0.717, 1.165) is 5.75 Å². The molecule has 17 heavy (non-hydrogen) atoms. The van der Waals surface area contributed by atoms with Gasteiger partial charge in [0.2, 0.25) is 0 Å². The van der Waals surface area contributed by atoms with Gasteiger partial charge in [-0.3, -0.25) is 0 Å². The minimum Gasteiger partial charge on any atom is -0.494 e. The Morgan fingerprint density at radius 1 is 1.06 bits per heavy atom. The molecule has 0 spiro atoms. The highest BCUT2D eigenvalue weighted by Crippen LogP contribution is 2.16. The van der Waals surface area contributed by atoms with Crippen molar-refractivity contribution in [2.24, 2.45) is 0 Å². The molecule has 0 aliphatic rings. The van der Waals surface area contributed by atoms with Crippen molar-refractivity contribution in [3.63, 3.8) is 0 Å². The fourth-order valence-corrected chi connectivity index (χ4v) is 1.21. The lowest BCUT2D eigenvalue weighted by atomic mass is 10.3. The van der Waals surface area contributed by atoms with Crippen LogP contribution in [0, 0.1) is 0 Å². The molecule has 5 nitrogen and oxygen atoms in total. The fraction of sp³-hybridized carbons (Fsp3) is 0.417. The quantitative estimate of drug-likeness (QED) is 0.742. The number of amides is 2. The number of urea groups is 1. The molecule has 0 bridgehead atoms. The van der Waals surface area contributed by atoms with E-state index in [1.165, 1.54) is 0 Å². The second-order valence-corrected chi connectivity index (χ2v) is 3.23. The molecule has 94 valence electrons. The summed E-state index contributed by atoms with van der Waals surface area (Å²) >= 11 is 0. The largest absolute Gasteiger partial charge is 0.494 e. The molecule has 0 aliphatic carbocycles. The summed E-state index contributed by atoms with van der Waals surface area (Å²) in [5.74, 6) is 1.49. The van der Waals surface area contributed by atoms with Crippen molar-refractivity contribution in [2.75, 3.05) is 19.9 Å². The van der Waals surface area contributed by atoms with Crippen LogP contribution in [0.5, 0.6) is 11.5 Å². The molecule has 5 heteroatoms. The van der Waals surface area contributed by atoms with E-state index < -0.39 is 0 Å². The molecule has 0 fully saturated rings. The average molecular weight is 238 g/mol. The maximum Gasteiger partial charge on any atom is 0.317 e. The Morgan fingerprint density at radius 3 is 2.18 bits per heavy atom. The Morgan fingerprint density at radius 2 is 1.65 bits per heavy atom. The number of rotatable bonds is 6. The molecule has 0 saturated carbocycles. The Hall–Kier alpha value is -1.91. The number of benzene rings is 1. The van der Waals surface area contributed by atoms with Gasteiger partial charge in [0.1, 0.15) is 11.5 Å². The predicted molar refractivity (Wildman–Crippen MR) is 65.3 cm³/mol. The smallest absolute Gasteiger partial charge is 0.317 e. The molecule has 0 saturated heterocycles. The van der Waals surface area contributed by atoms with Gasteiger partial charge < -0.3 is 20.1 Å². The van der Waals surface area contributed by atoms with Gasteiger partial charge in [0.25, 0.3) is 0 Å². The minimum absolute atomic E-state index is 0.139. The summed E-state index contributed by atoms with van der Waals surface area (Å²) in [6, 6.07) is 7.00. The second kappa shape index (κ2) is 7.38. The molecule has 2 N–H and O–H groups in total. The van der Waals surface area contributed by atoms with Crippen LogP contribution >= 0.6 is 0 Å². The Kier molecular flexibility index (Phi) is 5.71. The lowest BCUT2D eigenvalue weighted by molar-refractivity contribution is 0.224. The van der Waals surface area contributed by atoms with Gasteiger partial charge in [-0.05, 0) is 38.1 Å². The Bertz CT molecular complexity index is 338. The fourth-order valence-electron chi connectivity index (χ4n) is 1.21. The first-order valence-corrected chi connectivity index (χ1v) is 5.63. The first-order chi connectivity index (χ1) is 8.26. The van der Waals surface area contributed by atoms with Crippen LogP contribution in [0.15, 0.2) is 24.3 Å². The van der Waals surface area contributed by atoms with Gasteiger partial charge >= 0.3 is 6.03 Å². The first-order valence-electron chi connectivity index (χ1n) is 5.63. The predicted octanol–water partition coefficient (Wildman–Crippen LogP) is 1.74. The molecule has 0 radical (unpaired) electrons. The summed E-state index contributed by atoms with van der Waals surface area (Å²) in [5, 5.41) is 5.18. The molecule has 0 aromatic heterocycles. The van der Waals surface area contributed by atoms with Gasteiger partial charge in [-0.1, -0.05) is 0 Å². The molecule has 1 aromatic rings. The Balaban J connectivity index is 2.29. The van der Waals surface area contributed by atoms with Gasteiger partial charge in [0, 0.05) is 6.54 Å². The lowest BCUT2D eigenvalue weighted by Crippen LogP contribution is -2.37. The number of hydrogen-bond donors (Lipinski definition) is 2. The number of hydrogen-bond acceptors (Lipinski definition) is 3. The summed E-state index contributed by atoms with van der Waals surface area (Å²) in [6.07, 6.45) is 0. The van der Waals surface area contributed by atoms with Crippen molar-refractivity contribution < 1.29 is 14.3 Å². The van der Waals surface area contributed by atoms with Crippen LogP contribution in [0.25, 0.3) is 0 Å². The van der Waals surface area contributed by atoms with Crippen molar-refractivity contribution in [3.8, 4) is 11.5 Å². The summed E-state index contributed by atoms with van der Waals surface area (Å²) < 4.78 is 10.6. The van der Waals surface area contributed by atoms with E-state index >= 15 is 0 Å². The molecular weight excluding hydrogens is 220 g/mol. The van der Waals surface area contributed by atoms with E-state index in [-0.39, 0.29) is 12.8 Å². The van der Waals surface area contributed by atoms with Crippen LogP contribution < -0.4 is 20.1 Å². The van der Waals surface area contributed by atoms with E-state index in [9.17, 15) is 4.79 Å². The maximum atomic E-state index is 11.1. The summed E-state index contributed by atoms with van der Waals surface area (Å²) in [6.45, 7) is 5.15. The van der Waals surface area contributed by atoms with E-state index in [0.29, 0.717) is 18.9 Å². The zero-order chi connectivity index (χ0) is 12.5. The molecule has 2 amide bonds. The molecule has 1 rings (SSSR count). The van der Waals surface area contributed by atoms with Crippen LogP contribution in [0.2, 0.25) is 0 Å². The maximum absolute atomic E-state index is 11.1. The third-order valence-corrected chi connectivity index (χ3v) is 1.94. The zero-order valence-electron chi connectivity index (χ0n) is 10.2. The van der Waals surface area contributed by atoms with Crippen LogP contribution in [-0.2, 0) is 0 Å². The lowest BCUT2D eigenvalue weighted by Gasteiger charge is -2.09. The van der Waals surface area contributed by atoms with Crippen LogP contribution in [0.1, 0.15) is 13.8 Å². The minimum atomic E-state index is -0.238. The van der Waals surface area contributed by atoms with Gasteiger partial charge in [-0.2, -0.15) is 0 Å². The van der Waals surface area contributed by atoms with Crippen LogP contribution in [-0.4, -0.2) is 25.9 Å². The van der Waals surface area contributed by atoms with Gasteiger partial charge in [0.05, 0.1) is 6.61 Å². The highest BCUT2D eigenvalue weighted by atomic mass is 16.5. The van der Waals surface area contributed by atoms with Crippen LogP contribution in [0.3, 0.4) is 0 Å². The summed E-state index contributed by atoms with van der Waals surface area (Å²) in [4.78, 5) is 11.1. The standard InChI is InChI=1S/C12H18N2O3/c1-3-13-12(15)14-9-17-11-7-5-10(6-8-11)16-4-2/h5-8H,3-4,9H2,1-2H3,(H2,13,14,15). The first kappa shape index (κ1) is 13.2. The Labute approximate surface area is 101 Å². The second-order valence-electron chi connectivity index (χ2n) is 3.23. The molecular formula is C12H18N2O3. The average Bonchev–Trinajstić information content (AvgIpc) is 2.32. The number of nitrogens with one attached hydrogen (secondary N) is 2. The van der Waals surface area contributed by atoms with Gasteiger partial charge in [-0.25, -0.2) is 4.79 Å². The van der Waals surface area contributed by atoms with E-state index in [1.807, 2.05) is 26.0 Å². The van der Waals surface area contributed by atoms with Crippen molar-refractivity contribution >= 4 is 6.03 Å². The third-order valence-electron chi connectivity index (χ3n) is 1.94. The highest BCUT2D eigenvalue weighted by Gasteiger charge is 1.98.